The predicted molar refractivity (Wildman–Crippen MR) is 116 cm³/mol. The third-order valence-corrected chi connectivity index (χ3v) is 4.52. The van der Waals surface area contributed by atoms with Gasteiger partial charge in [-0.25, -0.2) is 4.98 Å². The molecule has 0 unspecified atom stereocenters. The summed E-state index contributed by atoms with van der Waals surface area (Å²) in [6, 6.07) is 17.0. The van der Waals surface area contributed by atoms with E-state index in [0.29, 0.717) is 28.8 Å². The molecule has 0 aliphatic heterocycles. The second-order valence-electron chi connectivity index (χ2n) is 6.85. The van der Waals surface area contributed by atoms with Crippen molar-refractivity contribution >= 4 is 23.0 Å². The summed E-state index contributed by atoms with van der Waals surface area (Å²) in [5.41, 5.74) is 3.88. The van der Waals surface area contributed by atoms with E-state index in [1.165, 1.54) is 5.56 Å². The average Bonchev–Trinajstić information content (AvgIpc) is 2.74. The molecule has 0 saturated carbocycles. The molecule has 0 spiro atoms. The van der Waals surface area contributed by atoms with Crippen LogP contribution in [-0.2, 0) is 0 Å². The van der Waals surface area contributed by atoms with Crippen molar-refractivity contribution in [1.29, 1.82) is 0 Å². The standard InChI is InChI=1S/C23H25N3O3/c1-15(2)16-5-7-17(8-6-16)25-18-9-11-20(24-14-18)23(27)26-21-13-19(28-3)10-12-22(21)29-4/h5-15,25H,1-4H3,(H,26,27). The first-order valence-corrected chi connectivity index (χ1v) is 9.36. The third kappa shape index (κ3) is 5.04. The molecular formula is C23H25N3O3. The number of hydrogen-bond donors (Lipinski definition) is 2. The Balaban J connectivity index is 1.69. The first-order chi connectivity index (χ1) is 14.0. The number of ether oxygens (including phenoxy) is 2. The average molecular weight is 391 g/mol. The summed E-state index contributed by atoms with van der Waals surface area (Å²) in [5, 5.41) is 6.10. The number of aromatic nitrogens is 1. The lowest BCUT2D eigenvalue weighted by atomic mass is 10.0. The van der Waals surface area contributed by atoms with E-state index in [0.717, 1.165) is 11.4 Å². The lowest BCUT2D eigenvalue weighted by Crippen LogP contribution is -2.14. The fourth-order valence-corrected chi connectivity index (χ4v) is 2.82. The van der Waals surface area contributed by atoms with E-state index in [2.05, 4.69) is 41.6 Å². The SMILES string of the molecule is COc1ccc(OC)c(NC(=O)c2ccc(Nc3ccc(C(C)C)cc3)cn2)c1. The number of nitrogens with one attached hydrogen (secondary N) is 2. The van der Waals surface area contributed by atoms with Crippen molar-refractivity contribution in [2.45, 2.75) is 19.8 Å². The van der Waals surface area contributed by atoms with Crippen LogP contribution in [0.1, 0.15) is 35.8 Å². The maximum absolute atomic E-state index is 12.6. The number of hydrogen-bond acceptors (Lipinski definition) is 5. The topological polar surface area (TPSA) is 72.5 Å². The van der Waals surface area contributed by atoms with Gasteiger partial charge in [0.2, 0.25) is 0 Å². The Labute approximate surface area is 170 Å². The molecule has 0 fully saturated rings. The summed E-state index contributed by atoms with van der Waals surface area (Å²) in [7, 11) is 3.11. The number of methoxy groups -OCH3 is 2. The zero-order chi connectivity index (χ0) is 20.8. The maximum Gasteiger partial charge on any atom is 0.274 e. The molecule has 150 valence electrons. The van der Waals surface area contributed by atoms with E-state index >= 15 is 0 Å². The van der Waals surface area contributed by atoms with Crippen LogP contribution in [-0.4, -0.2) is 25.1 Å². The van der Waals surface area contributed by atoms with E-state index in [4.69, 9.17) is 9.47 Å². The molecule has 0 bridgehead atoms. The number of rotatable bonds is 7. The lowest BCUT2D eigenvalue weighted by Gasteiger charge is -2.12. The molecule has 1 amide bonds. The highest BCUT2D eigenvalue weighted by Gasteiger charge is 2.12. The third-order valence-electron chi connectivity index (χ3n) is 4.52. The fraction of sp³-hybridized carbons (Fsp3) is 0.217. The van der Waals surface area contributed by atoms with Gasteiger partial charge in [0, 0.05) is 11.8 Å². The quantitative estimate of drug-likeness (QED) is 0.578. The molecule has 6 nitrogen and oxygen atoms in total. The van der Waals surface area contributed by atoms with Gasteiger partial charge in [0.1, 0.15) is 17.2 Å². The minimum atomic E-state index is -0.329. The van der Waals surface area contributed by atoms with Crippen molar-refractivity contribution in [3.8, 4) is 11.5 Å². The van der Waals surface area contributed by atoms with Crippen LogP contribution in [0.3, 0.4) is 0 Å². The number of benzene rings is 2. The predicted octanol–water partition coefficient (Wildman–Crippen LogP) is 5.22. The summed E-state index contributed by atoms with van der Waals surface area (Å²) < 4.78 is 10.5. The normalized spacial score (nSPS) is 10.5. The minimum absolute atomic E-state index is 0.301. The van der Waals surface area contributed by atoms with Gasteiger partial charge in [-0.05, 0) is 47.9 Å². The Kier molecular flexibility index (Phi) is 6.34. The molecule has 1 heterocycles. The molecule has 3 rings (SSSR count). The van der Waals surface area contributed by atoms with Crippen LogP contribution in [0.4, 0.5) is 17.1 Å². The van der Waals surface area contributed by atoms with Gasteiger partial charge in [-0.3, -0.25) is 4.79 Å². The van der Waals surface area contributed by atoms with Crippen LogP contribution in [0.2, 0.25) is 0 Å². The molecule has 0 aliphatic carbocycles. The van der Waals surface area contributed by atoms with Crippen LogP contribution in [0.25, 0.3) is 0 Å². The molecule has 29 heavy (non-hydrogen) atoms. The first-order valence-electron chi connectivity index (χ1n) is 9.36. The molecule has 0 radical (unpaired) electrons. The summed E-state index contributed by atoms with van der Waals surface area (Å²) in [6.45, 7) is 4.33. The monoisotopic (exact) mass is 391 g/mol. The lowest BCUT2D eigenvalue weighted by molar-refractivity contribution is 0.102. The first kappa shape index (κ1) is 20.2. The number of amides is 1. The molecule has 2 aromatic carbocycles. The highest BCUT2D eigenvalue weighted by atomic mass is 16.5. The van der Waals surface area contributed by atoms with Gasteiger partial charge in [-0.2, -0.15) is 0 Å². The Morgan fingerprint density at radius 1 is 0.931 bits per heavy atom. The molecule has 0 atom stereocenters. The molecular weight excluding hydrogens is 366 g/mol. The Morgan fingerprint density at radius 3 is 2.24 bits per heavy atom. The second-order valence-corrected chi connectivity index (χ2v) is 6.85. The van der Waals surface area contributed by atoms with Crippen molar-refractivity contribution in [3.63, 3.8) is 0 Å². The number of anilines is 3. The van der Waals surface area contributed by atoms with E-state index < -0.39 is 0 Å². The van der Waals surface area contributed by atoms with E-state index in [1.807, 2.05) is 18.2 Å². The van der Waals surface area contributed by atoms with Gasteiger partial charge < -0.3 is 20.1 Å². The zero-order valence-corrected chi connectivity index (χ0v) is 17.0. The van der Waals surface area contributed by atoms with Crippen LogP contribution < -0.4 is 20.1 Å². The van der Waals surface area contributed by atoms with Gasteiger partial charge in [0.25, 0.3) is 5.91 Å². The molecule has 1 aromatic heterocycles. The summed E-state index contributed by atoms with van der Waals surface area (Å²) in [5.74, 6) is 1.33. The van der Waals surface area contributed by atoms with E-state index in [1.54, 1.807) is 44.7 Å². The van der Waals surface area contributed by atoms with Crippen molar-refractivity contribution in [2.75, 3.05) is 24.9 Å². The fourth-order valence-electron chi connectivity index (χ4n) is 2.82. The van der Waals surface area contributed by atoms with Crippen LogP contribution in [0.5, 0.6) is 11.5 Å². The molecule has 6 heteroatoms. The summed E-state index contributed by atoms with van der Waals surface area (Å²) >= 11 is 0. The van der Waals surface area contributed by atoms with Gasteiger partial charge in [-0.1, -0.05) is 26.0 Å². The number of carbonyl (C=O) groups excluding carboxylic acids is 1. The second kappa shape index (κ2) is 9.10. The molecule has 0 aliphatic rings. The zero-order valence-electron chi connectivity index (χ0n) is 17.0. The number of nitrogens with zero attached hydrogens (tertiary/aromatic N) is 1. The number of carbonyl (C=O) groups is 1. The van der Waals surface area contributed by atoms with Crippen molar-refractivity contribution in [2.24, 2.45) is 0 Å². The van der Waals surface area contributed by atoms with Crippen molar-refractivity contribution in [1.82, 2.24) is 4.98 Å². The van der Waals surface area contributed by atoms with Gasteiger partial charge in [-0.15, -0.1) is 0 Å². The molecule has 2 N–H and O–H groups in total. The Morgan fingerprint density at radius 2 is 1.66 bits per heavy atom. The molecule has 3 aromatic rings. The van der Waals surface area contributed by atoms with E-state index in [9.17, 15) is 4.79 Å². The van der Waals surface area contributed by atoms with Crippen LogP contribution >= 0.6 is 0 Å². The van der Waals surface area contributed by atoms with Gasteiger partial charge >= 0.3 is 0 Å². The van der Waals surface area contributed by atoms with Crippen LogP contribution in [0, 0.1) is 0 Å². The highest BCUT2D eigenvalue weighted by molar-refractivity contribution is 6.03. The van der Waals surface area contributed by atoms with E-state index in [-0.39, 0.29) is 5.91 Å². The van der Waals surface area contributed by atoms with Crippen LogP contribution in [0.15, 0.2) is 60.8 Å². The largest absolute Gasteiger partial charge is 0.497 e. The maximum atomic E-state index is 12.6. The molecule has 0 saturated heterocycles. The highest BCUT2D eigenvalue weighted by Crippen LogP contribution is 2.29. The van der Waals surface area contributed by atoms with Gasteiger partial charge in [0.15, 0.2) is 0 Å². The number of pyridine rings is 1. The Bertz CT molecular complexity index is 968. The van der Waals surface area contributed by atoms with Crippen molar-refractivity contribution in [3.05, 3.63) is 72.1 Å². The smallest absolute Gasteiger partial charge is 0.274 e. The Hall–Kier alpha value is -3.54. The summed E-state index contributed by atoms with van der Waals surface area (Å²) in [4.78, 5) is 16.8. The summed E-state index contributed by atoms with van der Waals surface area (Å²) in [6.07, 6.45) is 1.63. The van der Waals surface area contributed by atoms with Gasteiger partial charge in [0.05, 0.1) is 31.8 Å². The minimum Gasteiger partial charge on any atom is -0.497 e. The van der Waals surface area contributed by atoms with Crippen molar-refractivity contribution < 1.29 is 14.3 Å².